The average molecular weight is 301 g/mol. The van der Waals surface area contributed by atoms with E-state index >= 15 is 0 Å². The van der Waals surface area contributed by atoms with E-state index in [-0.39, 0.29) is 0 Å². The fourth-order valence-electron chi connectivity index (χ4n) is 4.72. The van der Waals surface area contributed by atoms with Crippen molar-refractivity contribution in [1.82, 2.24) is 9.97 Å². The molecule has 1 saturated heterocycles. The number of aliphatic hydroxyl groups is 1. The monoisotopic (exact) mass is 301 g/mol. The maximum atomic E-state index is 10.9. The summed E-state index contributed by atoms with van der Waals surface area (Å²) in [5, 5.41) is 10.9. The smallest absolute Gasteiger partial charge is 0.135 e. The molecule has 0 amide bonds. The van der Waals surface area contributed by atoms with Crippen molar-refractivity contribution in [1.29, 1.82) is 0 Å². The van der Waals surface area contributed by atoms with E-state index < -0.39 is 5.60 Å². The van der Waals surface area contributed by atoms with Gasteiger partial charge in [0.25, 0.3) is 0 Å². The average Bonchev–Trinajstić information content (AvgIpc) is 2.53. The highest BCUT2D eigenvalue weighted by Gasteiger charge is 2.43. The van der Waals surface area contributed by atoms with Crippen molar-refractivity contribution in [3.63, 3.8) is 0 Å². The van der Waals surface area contributed by atoms with Crippen molar-refractivity contribution in [2.45, 2.75) is 70.3 Å². The minimum Gasteiger partial charge on any atom is -0.389 e. The van der Waals surface area contributed by atoms with Crippen LogP contribution in [0, 0.1) is 12.8 Å². The first-order chi connectivity index (χ1) is 10.7. The summed E-state index contributed by atoms with van der Waals surface area (Å²) in [5.41, 5.74) is 2.26. The van der Waals surface area contributed by atoms with E-state index in [2.05, 4.69) is 9.88 Å². The third kappa shape index (κ3) is 2.41. The minimum absolute atomic E-state index is 0.406. The largest absolute Gasteiger partial charge is 0.389 e. The molecule has 3 aliphatic rings. The quantitative estimate of drug-likeness (QED) is 0.866. The number of nitrogens with zero attached hydrogens (tertiary/aromatic N) is 3. The van der Waals surface area contributed by atoms with Gasteiger partial charge in [-0.3, -0.25) is 0 Å². The summed E-state index contributed by atoms with van der Waals surface area (Å²) in [7, 11) is 0. The maximum Gasteiger partial charge on any atom is 0.135 e. The molecule has 120 valence electrons. The highest BCUT2D eigenvalue weighted by atomic mass is 16.3. The molecule has 1 aromatic heterocycles. The van der Waals surface area contributed by atoms with Gasteiger partial charge in [-0.1, -0.05) is 12.8 Å². The predicted octanol–water partition coefficient (Wildman–Crippen LogP) is 2.80. The third-order valence-corrected chi connectivity index (χ3v) is 6.00. The Morgan fingerprint density at radius 1 is 1.09 bits per heavy atom. The summed E-state index contributed by atoms with van der Waals surface area (Å²) in [6.45, 7) is 3.93. The summed E-state index contributed by atoms with van der Waals surface area (Å²) >= 11 is 0. The number of fused-ring (bicyclic) bond motifs is 2. The number of piperidine rings is 1. The summed E-state index contributed by atoms with van der Waals surface area (Å²) in [6.07, 6.45) is 10.3. The molecule has 0 radical (unpaired) electrons. The Hall–Kier alpha value is -1.16. The number of aromatic nitrogens is 2. The molecule has 2 atom stereocenters. The molecule has 0 bridgehead atoms. The first-order valence-electron chi connectivity index (χ1n) is 8.99. The van der Waals surface area contributed by atoms with Crippen LogP contribution in [-0.4, -0.2) is 33.8 Å². The lowest BCUT2D eigenvalue weighted by molar-refractivity contribution is -0.0614. The van der Waals surface area contributed by atoms with Crippen molar-refractivity contribution >= 4 is 5.82 Å². The molecule has 1 aliphatic heterocycles. The molecule has 2 heterocycles. The molecule has 1 aromatic rings. The predicted molar refractivity (Wildman–Crippen MR) is 87.1 cm³/mol. The lowest BCUT2D eigenvalue weighted by Gasteiger charge is -2.48. The second-order valence-electron chi connectivity index (χ2n) is 7.47. The second-order valence-corrected chi connectivity index (χ2v) is 7.47. The zero-order valence-electron chi connectivity index (χ0n) is 13.6. The summed E-state index contributed by atoms with van der Waals surface area (Å²) in [6, 6.07) is 0. The number of hydrogen-bond donors (Lipinski definition) is 1. The molecular weight excluding hydrogens is 274 g/mol. The molecule has 0 aromatic carbocycles. The van der Waals surface area contributed by atoms with Gasteiger partial charge in [-0.25, -0.2) is 9.97 Å². The van der Waals surface area contributed by atoms with Gasteiger partial charge in [0.2, 0.25) is 0 Å². The van der Waals surface area contributed by atoms with Crippen LogP contribution in [0.5, 0.6) is 0 Å². The summed E-state index contributed by atoms with van der Waals surface area (Å²) in [4.78, 5) is 11.9. The van der Waals surface area contributed by atoms with E-state index in [0.29, 0.717) is 5.92 Å². The lowest BCUT2D eigenvalue weighted by atomic mass is 9.71. The molecule has 1 saturated carbocycles. The van der Waals surface area contributed by atoms with Crippen molar-refractivity contribution < 1.29 is 5.11 Å². The molecule has 22 heavy (non-hydrogen) atoms. The number of hydrogen-bond acceptors (Lipinski definition) is 4. The van der Waals surface area contributed by atoms with Gasteiger partial charge < -0.3 is 10.0 Å². The van der Waals surface area contributed by atoms with E-state index in [0.717, 1.165) is 44.6 Å². The molecule has 0 spiro atoms. The molecular formula is C18H27N3O. The lowest BCUT2D eigenvalue weighted by Crippen LogP contribution is -2.53. The first kappa shape index (κ1) is 14.4. The zero-order valence-corrected chi connectivity index (χ0v) is 13.6. The van der Waals surface area contributed by atoms with Crippen LogP contribution in [0.2, 0.25) is 0 Å². The number of aryl methyl sites for hydroxylation is 2. The van der Waals surface area contributed by atoms with Gasteiger partial charge in [-0.15, -0.1) is 0 Å². The highest BCUT2D eigenvalue weighted by molar-refractivity contribution is 5.51. The first-order valence-corrected chi connectivity index (χ1v) is 8.99. The van der Waals surface area contributed by atoms with Crippen LogP contribution in [0.15, 0.2) is 0 Å². The fourth-order valence-corrected chi connectivity index (χ4v) is 4.72. The maximum absolute atomic E-state index is 10.9. The van der Waals surface area contributed by atoms with E-state index in [1.165, 1.54) is 49.2 Å². The van der Waals surface area contributed by atoms with Crippen LogP contribution < -0.4 is 4.90 Å². The van der Waals surface area contributed by atoms with Gasteiger partial charge in [0.1, 0.15) is 11.6 Å². The molecule has 2 aliphatic carbocycles. The van der Waals surface area contributed by atoms with Gasteiger partial charge in [-0.05, 0) is 51.9 Å². The van der Waals surface area contributed by atoms with Crippen molar-refractivity contribution in [3.05, 3.63) is 17.1 Å². The summed E-state index contributed by atoms with van der Waals surface area (Å²) in [5.74, 6) is 2.50. The Morgan fingerprint density at radius 3 is 2.86 bits per heavy atom. The third-order valence-electron chi connectivity index (χ3n) is 6.00. The van der Waals surface area contributed by atoms with Crippen LogP contribution in [0.4, 0.5) is 5.82 Å². The Bertz CT molecular complexity index is 574. The Morgan fingerprint density at radius 2 is 1.95 bits per heavy atom. The van der Waals surface area contributed by atoms with Crippen LogP contribution in [0.3, 0.4) is 0 Å². The zero-order chi connectivity index (χ0) is 15.2. The van der Waals surface area contributed by atoms with Gasteiger partial charge >= 0.3 is 0 Å². The number of rotatable bonds is 1. The standard InChI is InChI=1S/C18H27N3O/c1-13-19-16-8-3-2-7-15(16)17(20-13)21-11-10-18(22)9-5-4-6-14(18)12-21/h14,22H,2-12H2,1H3. The number of anilines is 1. The van der Waals surface area contributed by atoms with E-state index in [1.807, 2.05) is 6.92 Å². The second kappa shape index (κ2) is 5.48. The van der Waals surface area contributed by atoms with Gasteiger partial charge in [-0.2, -0.15) is 0 Å². The van der Waals surface area contributed by atoms with Crippen LogP contribution in [-0.2, 0) is 12.8 Å². The van der Waals surface area contributed by atoms with Crippen LogP contribution in [0.1, 0.15) is 62.0 Å². The topological polar surface area (TPSA) is 49.2 Å². The minimum atomic E-state index is -0.406. The van der Waals surface area contributed by atoms with Gasteiger partial charge in [0.15, 0.2) is 0 Å². The van der Waals surface area contributed by atoms with Crippen molar-refractivity contribution in [3.8, 4) is 0 Å². The fraction of sp³-hybridized carbons (Fsp3) is 0.778. The van der Waals surface area contributed by atoms with Crippen molar-refractivity contribution in [2.24, 2.45) is 5.92 Å². The Balaban J connectivity index is 1.64. The SMILES string of the molecule is Cc1nc2c(c(N3CCC4(O)CCCCC4C3)n1)CCCC2. The highest BCUT2D eigenvalue weighted by Crippen LogP contribution is 2.41. The molecule has 2 fully saturated rings. The Kier molecular flexibility index (Phi) is 3.60. The van der Waals surface area contributed by atoms with E-state index in [9.17, 15) is 5.11 Å². The van der Waals surface area contributed by atoms with E-state index in [1.54, 1.807) is 0 Å². The van der Waals surface area contributed by atoms with Crippen LogP contribution in [0.25, 0.3) is 0 Å². The normalized spacial score (nSPS) is 31.5. The van der Waals surface area contributed by atoms with Gasteiger partial charge in [0, 0.05) is 30.3 Å². The molecule has 1 N–H and O–H groups in total. The Labute approximate surface area is 133 Å². The molecule has 4 rings (SSSR count). The van der Waals surface area contributed by atoms with Crippen LogP contribution >= 0.6 is 0 Å². The van der Waals surface area contributed by atoms with E-state index in [4.69, 9.17) is 4.98 Å². The van der Waals surface area contributed by atoms with Crippen molar-refractivity contribution in [2.75, 3.05) is 18.0 Å². The molecule has 4 heteroatoms. The molecule has 4 nitrogen and oxygen atoms in total. The molecule has 2 unspecified atom stereocenters. The summed E-state index contributed by atoms with van der Waals surface area (Å²) < 4.78 is 0. The van der Waals surface area contributed by atoms with Gasteiger partial charge in [0.05, 0.1) is 5.60 Å².